The van der Waals surface area contributed by atoms with Crippen molar-refractivity contribution in [2.75, 3.05) is 26.4 Å². The minimum atomic E-state index is -0.852. The first-order chi connectivity index (χ1) is 19.0. The van der Waals surface area contributed by atoms with Crippen molar-refractivity contribution in [2.45, 2.75) is 95.2 Å². The number of ether oxygens (including phenoxy) is 7. The van der Waals surface area contributed by atoms with Crippen LogP contribution in [0, 0.1) is 36.5 Å². The zero-order valence-corrected chi connectivity index (χ0v) is 26.9. The third kappa shape index (κ3) is 10.8. The SMILES string of the molecule is C#CCOC1C(O)C(C)CC(CO)C1O.C#CCO[C@@H]1[C@@H]2OC(C)(C)O[C@H]2O[C@@H]1[C@H]1COC(C)O1.S=S.S=S=S. The fourth-order valence-corrected chi connectivity index (χ4v) is 4.94. The molecule has 1 aliphatic carbocycles. The second-order valence-electron chi connectivity index (χ2n) is 9.81. The molecule has 228 valence electrons. The van der Waals surface area contributed by atoms with Crippen LogP contribution in [0.1, 0.15) is 34.1 Å². The van der Waals surface area contributed by atoms with Crippen LogP contribution in [0.15, 0.2) is 0 Å². The highest BCUT2D eigenvalue weighted by atomic mass is 33.1. The highest BCUT2D eigenvalue weighted by Crippen LogP contribution is 2.41. The van der Waals surface area contributed by atoms with Crippen molar-refractivity contribution in [3.8, 4) is 24.7 Å². The zero-order chi connectivity index (χ0) is 30.5. The van der Waals surface area contributed by atoms with E-state index < -0.39 is 30.4 Å². The Balaban J connectivity index is 0.000000356. The van der Waals surface area contributed by atoms with Gasteiger partial charge in [-0.1, -0.05) is 18.8 Å². The molecule has 0 bridgehead atoms. The van der Waals surface area contributed by atoms with Crippen LogP contribution in [-0.2, 0) is 86.8 Å². The van der Waals surface area contributed by atoms with Crippen LogP contribution in [0.3, 0.4) is 0 Å². The molecule has 10 nitrogen and oxygen atoms in total. The predicted molar refractivity (Wildman–Crippen MR) is 159 cm³/mol. The van der Waals surface area contributed by atoms with Gasteiger partial charge in [0.05, 0.1) is 18.8 Å². The average molecular weight is 659 g/mol. The lowest BCUT2D eigenvalue weighted by Gasteiger charge is -2.40. The Morgan fingerprint density at radius 1 is 0.950 bits per heavy atom. The fourth-order valence-electron chi connectivity index (χ4n) is 4.94. The minimum Gasteiger partial charge on any atom is -0.396 e. The van der Waals surface area contributed by atoms with E-state index in [2.05, 4.69) is 56.6 Å². The Hall–Kier alpha value is -0.180. The van der Waals surface area contributed by atoms with Gasteiger partial charge in [-0.3, -0.25) is 0 Å². The largest absolute Gasteiger partial charge is 0.396 e. The first kappa shape index (κ1) is 37.8. The minimum absolute atomic E-state index is 0.00618. The molecule has 3 saturated heterocycles. The van der Waals surface area contributed by atoms with Gasteiger partial charge in [0.2, 0.25) is 0 Å². The third-order valence-corrected chi connectivity index (χ3v) is 6.62. The first-order valence-electron chi connectivity index (χ1n) is 12.5. The molecule has 4 aliphatic rings. The van der Waals surface area contributed by atoms with Crippen LogP contribution >= 0.6 is 0 Å². The number of hydrogen-bond acceptors (Lipinski definition) is 14. The molecule has 11 atom stereocenters. The molecule has 0 aromatic rings. The molecule has 4 rings (SSSR count). The number of terminal acetylenes is 2. The molecule has 3 N–H and O–H groups in total. The summed E-state index contributed by atoms with van der Waals surface area (Å²) < 4.78 is 39.5. The van der Waals surface area contributed by atoms with Crippen LogP contribution in [0.5, 0.6) is 0 Å². The van der Waals surface area contributed by atoms with Gasteiger partial charge < -0.3 is 48.5 Å². The van der Waals surface area contributed by atoms with E-state index >= 15 is 0 Å². The van der Waals surface area contributed by atoms with E-state index in [0.717, 1.165) is 8.88 Å². The van der Waals surface area contributed by atoms with E-state index in [0.29, 0.717) is 13.0 Å². The Morgan fingerprint density at radius 2 is 1.52 bits per heavy atom. The number of fused-ring (bicyclic) bond motifs is 1. The van der Waals surface area contributed by atoms with Crippen LogP contribution in [-0.4, -0.2) is 103 Å². The summed E-state index contributed by atoms with van der Waals surface area (Å²) in [5.41, 5.74) is 0. The Labute approximate surface area is 259 Å². The van der Waals surface area contributed by atoms with Crippen molar-refractivity contribution in [3.05, 3.63) is 0 Å². The molecule has 0 amide bonds. The summed E-state index contributed by atoms with van der Waals surface area (Å²) in [6, 6.07) is 0. The molecule has 1 saturated carbocycles. The van der Waals surface area contributed by atoms with Gasteiger partial charge in [-0.15, -0.1) is 12.8 Å². The third-order valence-electron chi connectivity index (χ3n) is 6.62. The van der Waals surface area contributed by atoms with Gasteiger partial charge in [0.25, 0.3) is 0 Å². The van der Waals surface area contributed by atoms with Crippen molar-refractivity contribution < 1.29 is 48.5 Å². The van der Waals surface area contributed by atoms with E-state index in [1.165, 1.54) is 0 Å². The quantitative estimate of drug-likeness (QED) is 0.332. The number of hydrogen-bond donors (Lipinski definition) is 3. The lowest BCUT2D eigenvalue weighted by atomic mass is 9.77. The van der Waals surface area contributed by atoms with Crippen LogP contribution in [0.2, 0.25) is 0 Å². The smallest absolute Gasteiger partial charge is 0.190 e. The van der Waals surface area contributed by atoms with Crippen molar-refractivity contribution in [1.82, 2.24) is 0 Å². The maximum absolute atomic E-state index is 9.83. The molecule has 40 heavy (non-hydrogen) atoms. The van der Waals surface area contributed by atoms with E-state index in [4.69, 9.17) is 51.1 Å². The predicted octanol–water partition coefficient (Wildman–Crippen LogP) is 0.00550. The summed E-state index contributed by atoms with van der Waals surface area (Å²) in [6.45, 7) is 8.02. The average Bonchev–Trinajstić information content (AvgIpc) is 3.58. The maximum atomic E-state index is 9.83. The summed E-state index contributed by atoms with van der Waals surface area (Å²) in [6.07, 6.45) is 6.81. The summed E-state index contributed by atoms with van der Waals surface area (Å²) in [5, 5.41) is 28.7. The standard InChI is InChI=1S/C14H20O6.C11H18O4.S3.S2/c1-5-6-15-11-10(9-7-16-8(2)17-9)18-13-12(11)19-14(3,4)20-13;1-3-4-15-11-9(13)7(2)5-8(6-12)10(11)14;1-3-2;1-2/h1,8-13H,6-7H2,2-4H3;1,7-14H,4-6H2,2H3;;/t8?,9-,10-,11+,12+,13-;;;/m1.../s1. The van der Waals surface area contributed by atoms with Crippen molar-refractivity contribution in [2.24, 2.45) is 11.8 Å². The number of rotatable bonds is 6. The summed E-state index contributed by atoms with van der Waals surface area (Å²) in [4.78, 5) is 0. The number of aliphatic hydroxyl groups is 3. The Kier molecular flexibility index (Phi) is 18.1. The van der Waals surface area contributed by atoms with Crippen molar-refractivity contribution in [3.63, 3.8) is 0 Å². The number of aliphatic hydroxyl groups excluding tert-OH is 3. The lowest BCUT2D eigenvalue weighted by Crippen LogP contribution is -2.52. The van der Waals surface area contributed by atoms with Gasteiger partial charge in [0.15, 0.2) is 18.4 Å². The molecular formula is C25H38O10S5. The normalized spacial score (nSPS) is 39.0. The van der Waals surface area contributed by atoms with Gasteiger partial charge in [-0.2, -0.15) is 0 Å². The van der Waals surface area contributed by atoms with Gasteiger partial charge in [0.1, 0.15) is 43.7 Å². The molecule has 6 unspecified atom stereocenters. The zero-order valence-electron chi connectivity index (χ0n) is 22.8. The van der Waals surface area contributed by atoms with Crippen LogP contribution in [0.25, 0.3) is 0 Å². The van der Waals surface area contributed by atoms with Crippen molar-refractivity contribution in [1.29, 1.82) is 0 Å². The van der Waals surface area contributed by atoms with Gasteiger partial charge in [-0.25, -0.2) is 0 Å². The first-order valence-corrected chi connectivity index (χ1v) is 16.5. The molecule has 0 aromatic carbocycles. The molecule has 3 heterocycles. The Bertz CT molecular complexity index is 877. The van der Waals surface area contributed by atoms with E-state index in [-0.39, 0.29) is 62.4 Å². The molecule has 0 spiro atoms. The van der Waals surface area contributed by atoms with Gasteiger partial charge in [0, 0.05) is 66.2 Å². The molecule has 15 heteroatoms. The molecular weight excluding hydrogens is 621 g/mol. The van der Waals surface area contributed by atoms with Crippen molar-refractivity contribution >= 4 is 53.6 Å². The van der Waals surface area contributed by atoms with E-state index in [1.807, 2.05) is 27.7 Å². The second kappa shape index (κ2) is 19.2. The second-order valence-corrected chi connectivity index (χ2v) is 11.6. The molecule has 0 radical (unpaired) electrons. The summed E-state index contributed by atoms with van der Waals surface area (Å²) in [5.74, 6) is 3.83. The lowest BCUT2D eigenvalue weighted by molar-refractivity contribution is -0.230. The molecule has 4 fully saturated rings. The summed E-state index contributed by atoms with van der Waals surface area (Å²) >= 11 is 15.6. The highest BCUT2D eigenvalue weighted by Gasteiger charge is 2.58. The Morgan fingerprint density at radius 3 is 2.02 bits per heavy atom. The maximum Gasteiger partial charge on any atom is 0.190 e. The monoisotopic (exact) mass is 658 g/mol. The van der Waals surface area contributed by atoms with Gasteiger partial charge >= 0.3 is 0 Å². The van der Waals surface area contributed by atoms with E-state index in [9.17, 15) is 10.2 Å². The van der Waals surface area contributed by atoms with Crippen LogP contribution in [0.4, 0.5) is 0 Å². The van der Waals surface area contributed by atoms with Gasteiger partial charge in [-0.05, 0) is 33.1 Å². The molecule has 0 aromatic heterocycles. The summed E-state index contributed by atoms with van der Waals surface area (Å²) in [7, 11) is 0.917. The highest BCUT2D eigenvalue weighted by molar-refractivity contribution is 8.37. The fraction of sp³-hybridized carbons (Fsp3) is 0.840. The topological polar surface area (TPSA) is 125 Å². The molecule has 3 aliphatic heterocycles. The van der Waals surface area contributed by atoms with Crippen LogP contribution < -0.4 is 0 Å². The van der Waals surface area contributed by atoms with E-state index in [1.54, 1.807) is 0 Å².